The van der Waals surface area contributed by atoms with Crippen LogP contribution in [-0.4, -0.2) is 36.6 Å². The summed E-state index contributed by atoms with van der Waals surface area (Å²) in [5.74, 6) is 0.643. The van der Waals surface area contributed by atoms with Crippen molar-refractivity contribution in [3.8, 4) is 0 Å². The van der Waals surface area contributed by atoms with Gasteiger partial charge in [0.15, 0.2) is 0 Å². The summed E-state index contributed by atoms with van der Waals surface area (Å²) in [7, 11) is 4.05. The van der Waals surface area contributed by atoms with E-state index >= 15 is 0 Å². The quantitative estimate of drug-likeness (QED) is 0.860. The molecule has 4 heteroatoms. The van der Waals surface area contributed by atoms with Crippen LogP contribution in [0.2, 0.25) is 0 Å². The van der Waals surface area contributed by atoms with Crippen LogP contribution in [0.3, 0.4) is 0 Å². The predicted octanol–water partition coefficient (Wildman–Crippen LogP) is 1.38. The molecule has 0 spiro atoms. The van der Waals surface area contributed by atoms with Crippen LogP contribution in [0, 0.1) is 6.92 Å². The van der Waals surface area contributed by atoms with Crippen LogP contribution in [0.1, 0.15) is 35.7 Å². The van der Waals surface area contributed by atoms with Crippen molar-refractivity contribution < 1.29 is 4.74 Å². The molecule has 2 rings (SSSR count). The van der Waals surface area contributed by atoms with Crippen LogP contribution in [0.15, 0.2) is 0 Å². The lowest BCUT2D eigenvalue weighted by Gasteiger charge is -2.23. The Morgan fingerprint density at radius 3 is 2.76 bits per heavy atom. The van der Waals surface area contributed by atoms with E-state index in [4.69, 9.17) is 4.74 Å². The lowest BCUT2D eigenvalue weighted by molar-refractivity contribution is 0.0850. The largest absolute Gasteiger partial charge is 0.381 e. The Kier molecular flexibility index (Phi) is 4.18. The Hall–Kier alpha value is -0.870. The van der Waals surface area contributed by atoms with Gasteiger partial charge >= 0.3 is 0 Å². The highest BCUT2D eigenvalue weighted by Gasteiger charge is 2.23. The summed E-state index contributed by atoms with van der Waals surface area (Å²) in [6, 6.07) is 0. The molecule has 1 aliphatic rings. The highest BCUT2D eigenvalue weighted by Crippen LogP contribution is 2.31. The summed E-state index contributed by atoms with van der Waals surface area (Å²) in [5, 5.41) is 7.80. The average Bonchev–Trinajstić information content (AvgIpc) is 2.62. The van der Waals surface area contributed by atoms with Crippen molar-refractivity contribution in [3.63, 3.8) is 0 Å². The molecule has 1 aliphatic heterocycles. The van der Waals surface area contributed by atoms with E-state index < -0.39 is 0 Å². The maximum absolute atomic E-state index is 5.45. The Bertz CT molecular complexity index is 367. The van der Waals surface area contributed by atoms with Gasteiger partial charge in [0.1, 0.15) is 0 Å². The number of hydrogen-bond acceptors (Lipinski definition) is 3. The predicted molar refractivity (Wildman–Crippen MR) is 68.4 cm³/mol. The first kappa shape index (κ1) is 12.6. The van der Waals surface area contributed by atoms with Crippen molar-refractivity contribution >= 4 is 0 Å². The van der Waals surface area contributed by atoms with E-state index in [-0.39, 0.29) is 0 Å². The van der Waals surface area contributed by atoms with E-state index in [0.717, 1.165) is 39.0 Å². The van der Waals surface area contributed by atoms with Crippen molar-refractivity contribution in [2.45, 2.75) is 32.1 Å². The molecule has 2 heterocycles. The molecule has 0 radical (unpaired) electrons. The van der Waals surface area contributed by atoms with Crippen molar-refractivity contribution in [2.75, 3.05) is 26.8 Å². The van der Waals surface area contributed by atoms with E-state index in [0.29, 0.717) is 5.92 Å². The number of aromatic nitrogens is 2. The van der Waals surface area contributed by atoms with Crippen LogP contribution in [0.25, 0.3) is 0 Å². The van der Waals surface area contributed by atoms with E-state index in [1.807, 2.05) is 7.05 Å². The monoisotopic (exact) mass is 237 g/mol. The molecule has 0 unspecified atom stereocenters. The number of nitrogens with one attached hydrogen (secondary N) is 1. The van der Waals surface area contributed by atoms with Gasteiger partial charge in [0.25, 0.3) is 0 Å². The minimum absolute atomic E-state index is 0.643. The fraction of sp³-hybridized carbons (Fsp3) is 0.769. The Balaban J connectivity index is 2.23. The van der Waals surface area contributed by atoms with E-state index in [1.54, 1.807) is 0 Å². The van der Waals surface area contributed by atoms with Crippen LogP contribution >= 0.6 is 0 Å². The molecule has 0 aliphatic carbocycles. The third-order valence-electron chi connectivity index (χ3n) is 3.63. The third-order valence-corrected chi connectivity index (χ3v) is 3.63. The smallest absolute Gasteiger partial charge is 0.0631 e. The van der Waals surface area contributed by atoms with E-state index in [2.05, 4.69) is 29.1 Å². The molecule has 17 heavy (non-hydrogen) atoms. The third kappa shape index (κ3) is 2.69. The van der Waals surface area contributed by atoms with Gasteiger partial charge in [-0.3, -0.25) is 4.68 Å². The lowest BCUT2D eigenvalue weighted by Crippen LogP contribution is -2.18. The SMILES string of the molecule is CNCCc1c(C2CCOCC2)c(C)nn1C. The van der Waals surface area contributed by atoms with E-state index in [9.17, 15) is 0 Å². The lowest BCUT2D eigenvalue weighted by atomic mass is 9.89. The maximum atomic E-state index is 5.45. The van der Waals surface area contributed by atoms with Crippen molar-refractivity contribution in [1.82, 2.24) is 15.1 Å². The Morgan fingerprint density at radius 2 is 2.12 bits per heavy atom. The van der Waals surface area contributed by atoms with Crippen LogP contribution < -0.4 is 5.32 Å². The number of aryl methyl sites for hydroxylation is 2. The molecule has 0 bridgehead atoms. The summed E-state index contributed by atoms with van der Waals surface area (Å²) < 4.78 is 7.50. The first-order chi connectivity index (χ1) is 8.24. The normalized spacial score (nSPS) is 17.6. The molecule has 1 fully saturated rings. The zero-order valence-electron chi connectivity index (χ0n) is 11.1. The molecule has 1 aromatic heterocycles. The standard InChI is InChI=1S/C13H23N3O/c1-10-13(11-5-8-17-9-6-11)12(4-7-14-2)16(3)15-10/h11,14H,4-9H2,1-3H3. The van der Waals surface area contributed by atoms with Crippen molar-refractivity contribution in [3.05, 3.63) is 17.0 Å². The molecule has 0 amide bonds. The Morgan fingerprint density at radius 1 is 1.41 bits per heavy atom. The highest BCUT2D eigenvalue weighted by molar-refractivity contribution is 5.30. The molecule has 0 aromatic carbocycles. The number of nitrogens with zero attached hydrogens (tertiary/aromatic N) is 2. The number of likely N-dealkylation sites (N-methyl/N-ethyl adjacent to an activating group) is 1. The number of ether oxygens (including phenoxy) is 1. The summed E-state index contributed by atoms with van der Waals surface area (Å²) in [4.78, 5) is 0. The van der Waals surface area contributed by atoms with Gasteiger partial charge in [0, 0.05) is 38.9 Å². The second-order valence-electron chi connectivity index (χ2n) is 4.81. The molecular formula is C13H23N3O. The first-order valence-corrected chi connectivity index (χ1v) is 6.48. The minimum atomic E-state index is 0.643. The van der Waals surface area contributed by atoms with Crippen molar-refractivity contribution in [2.24, 2.45) is 7.05 Å². The first-order valence-electron chi connectivity index (χ1n) is 6.48. The zero-order chi connectivity index (χ0) is 12.3. The molecule has 1 saturated heterocycles. The van der Waals surface area contributed by atoms with Gasteiger partial charge < -0.3 is 10.1 Å². The second kappa shape index (κ2) is 5.65. The molecular weight excluding hydrogens is 214 g/mol. The van der Waals surface area contributed by atoms with Gasteiger partial charge in [-0.2, -0.15) is 5.10 Å². The van der Waals surface area contributed by atoms with Gasteiger partial charge in [-0.15, -0.1) is 0 Å². The summed E-state index contributed by atoms with van der Waals surface area (Å²) in [6.45, 7) is 4.93. The van der Waals surface area contributed by atoms with Crippen molar-refractivity contribution in [1.29, 1.82) is 0 Å². The van der Waals surface area contributed by atoms with Gasteiger partial charge in [-0.1, -0.05) is 0 Å². The second-order valence-corrected chi connectivity index (χ2v) is 4.81. The van der Waals surface area contributed by atoms with Gasteiger partial charge in [0.2, 0.25) is 0 Å². The fourth-order valence-corrected chi connectivity index (χ4v) is 2.78. The molecule has 0 atom stereocenters. The molecule has 96 valence electrons. The number of hydrogen-bond donors (Lipinski definition) is 1. The molecule has 1 N–H and O–H groups in total. The fourth-order valence-electron chi connectivity index (χ4n) is 2.78. The summed E-state index contributed by atoms with van der Waals surface area (Å²) >= 11 is 0. The maximum Gasteiger partial charge on any atom is 0.0631 e. The van der Waals surface area contributed by atoms with Gasteiger partial charge in [-0.05, 0) is 38.3 Å². The molecule has 0 saturated carbocycles. The zero-order valence-corrected chi connectivity index (χ0v) is 11.1. The topological polar surface area (TPSA) is 39.1 Å². The van der Waals surface area contributed by atoms with E-state index in [1.165, 1.54) is 17.0 Å². The average molecular weight is 237 g/mol. The van der Waals surface area contributed by atoms with Gasteiger partial charge in [0.05, 0.1) is 5.69 Å². The minimum Gasteiger partial charge on any atom is -0.381 e. The summed E-state index contributed by atoms with van der Waals surface area (Å²) in [6.07, 6.45) is 3.33. The van der Waals surface area contributed by atoms with Crippen LogP contribution in [0.4, 0.5) is 0 Å². The summed E-state index contributed by atoms with van der Waals surface area (Å²) in [5.41, 5.74) is 4.07. The Labute approximate surface area is 103 Å². The molecule has 1 aromatic rings. The molecule has 4 nitrogen and oxygen atoms in total. The number of rotatable bonds is 4. The van der Waals surface area contributed by atoms with Gasteiger partial charge in [-0.25, -0.2) is 0 Å². The highest BCUT2D eigenvalue weighted by atomic mass is 16.5. The van der Waals surface area contributed by atoms with Crippen LogP contribution in [0.5, 0.6) is 0 Å². The van der Waals surface area contributed by atoms with Crippen LogP contribution in [-0.2, 0) is 18.2 Å².